The molecule has 1 N–H and O–H groups in total. The molecule has 0 saturated heterocycles. The molecular weight excluding hydrogens is 380 g/mol. The normalized spacial score (nSPS) is 13.4. The molecule has 2 aromatic carbocycles. The van der Waals surface area contributed by atoms with E-state index >= 15 is 0 Å². The van der Waals surface area contributed by atoms with Crippen LogP contribution in [0.4, 0.5) is 11.4 Å². The highest BCUT2D eigenvalue weighted by atomic mass is 32.2. The van der Waals surface area contributed by atoms with Crippen LogP contribution in [0, 0.1) is 10.1 Å². The van der Waals surface area contributed by atoms with Crippen LogP contribution in [-0.2, 0) is 4.79 Å². The average Bonchev–Trinajstić information content (AvgIpc) is 3.51. The Labute approximate surface area is 163 Å². The fraction of sp³-hybridized carbons (Fsp3) is 0.211. The number of thioether (sulfide) groups is 1. The summed E-state index contributed by atoms with van der Waals surface area (Å²) in [7, 11) is 0. The Bertz CT molecular complexity index is 1140. The first-order chi connectivity index (χ1) is 13.5. The third kappa shape index (κ3) is 3.61. The third-order valence-electron chi connectivity index (χ3n) is 4.39. The lowest BCUT2D eigenvalue weighted by Crippen LogP contribution is -2.23. The Kier molecular flexibility index (Phi) is 4.82. The number of nitrogens with one attached hydrogen (secondary N) is 1. The number of hydrogen-bond donors (Lipinski definition) is 1. The zero-order valence-corrected chi connectivity index (χ0v) is 15.5. The molecule has 28 heavy (non-hydrogen) atoms. The van der Waals surface area contributed by atoms with Gasteiger partial charge in [0.25, 0.3) is 11.2 Å². The fourth-order valence-electron chi connectivity index (χ4n) is 2.94. The van der Waals surface area contributed by atoms with Crippen molar-refractivity contribution in [3.8, 4) is 0 Å². The lowest BCUT2D eigenvalue weighted by Gasteiger charge is -2.12. The van der Waals surface area contributed by atoms with E-state index in [1.54, 1.807) is 28.8 Å². The molecule has 1 aromatic heterocycles. The lowest BCUT2D eigenvalue weighted by molar-refractivity contribution is -0.383. The number of amides is 1. The molecule has 1 saturated carbocycles. The summed E-state index contributed by atoms with van der Waals surface area (Å²) in [5.41, 5.74) is 0.462. The number of rotatable bonds is 6. The lowest BCUT2D eigenvalue weighted by atomic mass is 10.2. The zero-order chi connectivity index (χ0) is 19.7. The van der Waals surface area contributed by atoms with Gasteiger partial charge in [0.2, 0.25) is 5.91 Å². The second-order valence-electron chi connectivity index (χ2n) is 6.43. The minimum absolute atomic E-state index is 0.0104. The van der Waals surface area contributed by atoms with Crippen LogP contribution in [0.15, 0.2) is 58.5 Å². The van der Waals surface area contributed by atoms with E-state index in [4.69, 9.17) is 0 Å². The second-order valence-corrected chi connectivity index (χ2v) is 7.37. The molecule has 1 heterocycles. The monoisotopic (exact) mass is 396 g/mol. The molecule has 0 unspecified atom stereocenters. The van der Waals surface area contributed by atoms with Crippen LogP contribution in [-0.4, -0.2) is 26.1 Å². The summed E-state index contributed by atoms with van der Waals surface area (Å²) < 4.78 is 1.66. The van der Waals surface area contributed by atoms with Gasteiger partial charge >= 0.3 is 0 Å². The smallest absolute Gasteiger partial charge is 0.292 e. The van der Waals surface area contributed by atoms with Crippen molar-refractivity contribution in [2.24, 2.45) is 0 Å². The number of benzene rings is 2. The topological polar surface area (TPSA) is 107 Å². The summed E-state index contributed by atoms with van der Waals surface area (Å²) in [5, 5.41) is 14.7. The van der Waals surface area contributed by atoms with E-state index in [0.717, 1.165) is 24.6 Å². The number of carbonyl (C=O) groups is 1. The molecule has 0 bridgehead atoms. The standard InChI is InChI=1S/C19H16N4O4S/c24-17(20-15-7-3-4-8-16(15)23(26)27)11-28-19-21-14-6-2-1-5-13(14)18(25)22(19)12-9-10-12/h1-8,12H,9-11H2,(H,20,24). The van der Waals surface area contributed by atoms with Crippen LogP contribution in [0.2, 0.25) is 0 Å². The highest BCUT2D eigenvalue weighted by Crippen LogP contribution is 2.36. The molecule has 0 atom stereocenters. The van der Waals surface area contributed by atoms with Gasteiger partial charge < -0.3 is 5.32 Å². The first-order valence-corrected chi connectivity index (χ1v) is 9.70. The number of hydrogen-bond acceptors (Lipinski definition) is 6. The summed E-state index contributed by atoms with van der Waals surface area (Å²) in [6.07, 6.45) is 1.83. The molecule has 9 heteroatoms. The Balaban J connectivity index is 1.56. The molecule has 1 aliphatic carbocycles. The van der Waals surface area contributed by atoms with Gasteiger partial charge in [-0.3, -0.25) is 24.3 Å². The third-order valence-corrected chi connectivity index (χ3v) is 5.35. The molecule has 4 rings (SSSR count). The van der Waals surface area contributed by atoms with Crippen LogP contribution in [0.5, 0.6) is 0 Å². The fourth-order valence-corrected chi connectivity index (χ4v) is 3.80. The maximum Gasteiger partial charge on any atom is 0.292 e. The van der Waals surface area contributed by atoms with Crippen LogP contribution in [0.3, 0.4) is 0 Å². The summed E-state index contributed by atoms with van der Waals surface area (Å²) in [6, 6.07) is 13.2. The van der Waals surface area contributed by atoms with E-state index in [0.29, 0.717) is 16.1 Å². The molecule has 142 valence electrons. The van der Waals surface area contributed by atoms with Crippen LogP contribution >= 0.6 is 11.8 Å². The van der Waals surface area contributed by atoms with E-state index < -0.39 is 10.8 Å². The van der Waals surface area contributed by atoms with Crippen LogP contribution < -0.4 is 10.9 Å². The number of nitro groups is 1. The molecule has 8 nitrogen and oxygen atoms in total. The summed E-state index contributed by atoms with van der Waals surface area (Å²) in [6.45, 7) is 0. The summed E-state index contributed by atoms with van der Waals surface area (Å²) in [5.74, 6) is -0.409. The number of fused-ring (bicyclic) bond motifs is 1. The summed E-state index contributed by atoms with van der Waals surface area (Å²) in [4.78, 5) is 40.2. The van der Waals surface area contributed by atoms with Gasteiger partial charge in [-0.25, -0.2) is 4.98 Å². The number of aromatic nitrogens is 2. The van der Waals surface area contributed by atoms with Gasteiger partial charge in [-0.05, 0) is 31.0 Å². The van der Waals surface area contributed by atoms with E-state index in [1.165, 1.54) is 18.2 Å². The Hall–Kier alpha value is -3.20. The van der Waals surface area contributed by atoms with E-state index in [2.05, 4.69) is 10.3 Å². The number of nitro benzene ring substituents is 1. The van der Waals surface area contributed by atoms with Crippen molar-refractivity contribution in [3.63, 3.8) is 0 Å². The first-order valence-electron chi connectivity index (χ1n) is 8.72. The van der Waals surface area contributed by atoms with Crippen LogP contribution in [0.1, 0.15) is 18.9 Å². The summed E-state index contributed by atoms with van der Waals surface area (Å²) >= 11 is 1.16. The van der Waals surface area contributed by atoms with Crippen molar-refractivity contribution in [2.75, 3.05) is 11.1 Å². The molecule has 1 fully saturated rings. The van der Waals surface area contributed by atoms with E-state index in [9.17, 15) is 19.7 Å². The maximum atomic E-state index is 12.8. The second kappa shape index (κ2) is 7.43. The van der Waals surface area contributed by atoms with Crippen molar-refractivity contribution in [1.82, 2.24) is 9.55 Å². The van der Waals surface area contributed by atoms with Gasteiger partial charge in [-0.1, -0.05) is 36.0 Å². The predicted octanol–water partition coefficient (Wildman–Crippen LogP) is 3.37. The van der Waals surface area contributed by atoms with E-state index in [1.807, 2.05) is 6.07 Å². The number of anilines is 1. The Morgan fingerprint density at radius 3 is 2.68 bits per heavy atom. The van der Waals surface area contributed by atoms with Crippen molar-refractivity contribution in [2.45, 2.75) is 24.0 Å². The highest BCUT2D eigenvalue weighted by Gasteiger charge is 2.28. The molecule has 0 radical (unpaired) electrons. The van der Waals surface area contributed by atoms with Gasteiger partial charge in [-0.15, -0.1) is 0 Å². The van der Waals surface area contributed by atoms with Gasteiger partial charge in [0.1, 0.15) is 5.69 Å². The molecule has 0 spiro atoms. The number of carbonyl (C=O) groups excluding carboxylic acids is 1. The van der Waals surface area contributed by atoms with Gasteiger partial charge in [-0.2, -0.15) is 0 Å². The van der Waals surface area contributed by atoms with Crippen molar-refractivity contribution >= 4 is 39.9 Å². The van der Waals surface area contributed by atoms with E-state index in [-0.39, 0.29) is 28.7 Å². The Morgan fingerprint density at radius 1 is 1.21 bits per heavy atom. The largest absolute Gasteiger partial charge is 0.320 e. The van der Waals surface area contributed by atoms with Crippen LogP contribution in [0.25, 0.3) is 10.9 Å². The quantitative estimate of drug-likeness (QED) is 0.296. The van der Waals surface area contributed by atoms with Gasteiger partial charge in [0.15, 0.2) is 5.16 Å². The maximum absolute atomic E-state index is 12.8. The number of para-hydroxylation sites is 3. The Morgan fingerprint density at radius 2 is 1.93 bits per heavy atom. The first kappa shape index (κ1) is 18.2. The van der Waals surface area contributed by atoms with Crippen molar-refractivity contribution in [1.29, 1.82) is 0 Å². The minimum Gasteiger partial charge on any atom is -0.320 e. The van der Waals surface area contributed by atoms with Gasteiger partial charge in [0, 0.05) is 12.1 Å². The van der Waals surface area contributed by atoms with Crippen molar-refractivity contribution < 1.29 is 9.72 Å². The predicted molar refractivity (Wildman–Crippen MR) is 107 cm³/mol. The highest BCUT2D eigenvalue weighted by molar-refractivity contribution is 7.99. The van der Waals surface area contributed by atoms with Crippen molar-refractivity contribution in [3.05, 3.63) is 69.0 Å². The minimum atomic E-state index is -0.543. The molecule has 0 aliphatic heterocycles. The average molecular weight is 396 g/mol. The molecule has 1 amide bonds. The van der Waals surface area contributed by atoms with Gasteiger partial charge in [0.05, 0.1) is 21.6 Å². The molecule has 1 aliphatic rings. The molecule has 3 aromatic rings. The zero-order valence-electron chi connectivity index (χ0n) is 14.7. The molecular formula is C19H16N4O4S. The SMILES string of the molecule is O=C(CSc1nc2ccccc2c(=O)n1C1CC1)Nc1ccccc1[N+](=O)[O-]. The number of nitrogens with zero attached hydrogens (tertiary/aromatic N) is 3.